The number of rotatable bonds is 9. The summed E-state index contributed by atoms with van der Waals surface area (Å²) in [5, 5.41) is 15.1. The molecule has 0 fully saturated rings. The van der Waals surface area contributed by atoms with Crippen LogP contribution in [0.4, 0.5) is 5.69 Å². The third-order valence-corrected chi connectivity index (χ3v) is 5.22. The molecule has 30 heavy (non-hydrogen) atoms. The summed E-state index contributed by atoms with van der Waals surface area (Å²) in [6, 6.07) is 14.1. The van der Waals surface area contributed by atoms with Gasteiger partial charge < -0.3 is 10.1 Å². The molecular weight excluding hydrogens is 426 g/mol. The number of tetrazole rings is 1. The van der Waals surface area contributed by atoms with E-state index in [2.05, 4.69) is 20.8 Å². The topological polar surface area (TPSA) is 99.0 Å². The van der Waals surface area contributed by atoms with Crippen LogP contribution < -0.4 is 5.32 Å². The largest absolute Gasteiger partial charge is 0.462 e. The average Bonchev–Trinajstić information content (AvgIpc) is 3.23. The van der Waals surface area contributed by atoms with Gasteiger partial charge in [-0.15, -0.1) is 5.10 Å². The lowest BCUT2D eigenvalue weighted by Gasteiger charge is -2.09. The van der Waals surface area contributed by atoms with Crippen LogP contribution in [0.1, 0.15) is 30.1 Å². The monoisotopic (exact) mass is 445 g/mol. The summed E-state index contributed by atoms with van der Waals surface area (Å²) >= 11 is 7.30. The summed E-state index contributed by atoms with van der Waals surface area (Å²) in [6.45, 7) is 2.34. The second-order valence-corrected chi connectivity index (χ2v) is 7.58. The van der Waals surface area contributed by atoms with E-state index < -0.39 is 5.97 Å². The van der Waals surface area contributed by atoms with E-state index in [-0.39, 0.29) is 22.2 Å². The van der Waals surface area contributed by atoms with E-state index >= 15 is 0 Å². The van der Waals surface area contributed by atoms with E-state index in [4.69, 9.17) is 16.3 Å². The molecule has 0 spiro atoms. The highest BCUT2D eigenvalue weighted by molar-refractivity contribution is 7.99. The summed E-state index contributed by atoms with van der Waals surface area (Å²) in [5.41, 5.74) is 1.47. The Morgan fingerprint density at radius 3 is 2.77 bits per heavy atom. The Kier molecular flexibility index (Phi) is 7.81. The van der Waals surface area contributed by atoms with Crippen molar-refractivity contribution in [1.82, 2.24) is 20.2 Å². The molecule has 0 saturated heterocycles. The van der Waals surface area contributed by atoms with E-state index in [1.54, 1.807) is 16.8 Å². The van der Waals surface area contributed by atoms with E-state index in [9.17, 15) is 9.59 Å². The van der Waals surface area contributed by atoms with Gasteiger partial charge in [0.25, 0.3) is 0 Å². The number of hydrogen-bond donors (Lipinski definition) is 1. The quantitative estimate of drug-likeness (QED) is 0.302. The van der Waals surface area contributed by atoms with Crippen molar-refractivity contribution in [3.05, 3.63) is 59.1 Å². The Labute approximate surface area is 182 Å². The van der Waals surface area contributed by atoms with Crippen LogP contribution in [0, 0.1) is 0 Å². The fourth-order valence-corrected chi connectivity index (χ4v) is 3.36. The zero-order valence-corrected chi connectivity index (χ0v) is 17.8. The lowest BCUT2D eigenvalue weighted by molar-refractivity contribution is -0.113. The number of anilines is 1. The minimum absolute atomic E-state index is 0.0894. The molecule has 0 aliphatic heterocycles. The summed E-state index contributed by atoms with van der Waals surface area (Å²) in [4.78, 5) is 24.6. The molecule has 0 aliphatic carbocycles. The van der Waals surface area contributed by atoms with Crippen LogP contribution in [0.3, 0.4) is 0 Å². The number of carbonyl (C=O) groups excluding carboxylic acids is 2. The van der Waals surface area contributed by atoms with Gasteiger partial charge in [0, 0.05) is 5.69 Å². The van der Waals surface area contributed by atoms with Gasteiger partial charge in [-0.25, -0.2) is 4.79 Å². The second kappa shape index (κ2) is 10.7. The lowest BCUT2D eigenvalue weighted by Crippen LogP contribution is -2.15. The smallest absolute Gasteiger partial charge is 0.339 e. The summed E-state index contributed by atoms with van der Waals surface area (Å²) < 4.78 is 6.76. The molecule has 0 bridgehead atoms. The first kappa shape index (κ1) is 21.8. The van der Waals surface area contributed by atoms with Gasteiger partial charge in [-0.05, 0) is 47.2 Å². The zero-order valence-electron chi connectivity index (χ0n) is 16.2. The normalized spacial score (nSPS) is 10.6. The van der Waals surface area contributed by atoms with Crippen molar-refractivity contribution < 1.29 is 14.3 Å². The average molecular weight is 446 g/mol. The molecule has 3 rings (SSSR count). The van der Waals surface area contributed by atoms with E-state index in [1.807, 2.05) is 37.3 Å². The van der Waals surface area contributed by atoms with Crippen molar-refractivity contribution in [2.24, 2.45) is 0 Å². The van der Waals surface area contributed by atoms with Crippen LogP contribution in [0.15, 0.2) is 53.7 Å². The summed E-state index contributed by atoms with van der Waals surface area (Å²) in [7, 11) is 0. The lowest BCUT2D eigenvalue weighted by atomic mass is 10.2. The number of amides is 1. The van der Waals surface area contributed by atoms with Gasteiger partial charge >= 0.3 is 5.97 Å². The fourth-order valence-electron chi connectivity index (χ4n) is 2.47. The SMILES string of the molecule is CCCCOC(=O)c1cc(NC(=O)CSc2nnnn2-c2ccccc2)ccc1Cl. The molecule has 1 aromatic heterocycles. The van der Waals surface area contributed by atoms with Crippen molar-refractivity contribution in [1.29, 1.82) is 0 Å². The maximum atomic E-state index is 12.4. The Morgan fingerprint density at radius 2 is 2.00 bits per heavy atom. The first-order valence-corrected chi connectivity index (χ1v) is 10.7. The van der Waals surface area contributed by atoms with Gasteiger partial charge in [0.1, 0.15) is 0 Å². The number of para-hydroxylation sites is 1. The number of ether oxygens (including phenoxy) is 1. The number of hydrogen-bond acceptors (Lipinski definition) is 7. The fraction of sp³-hybridized carbons (Fsp3) is 0.250. The summed E-state index contributed by atoms with van der Waals surface area (Å²) in [5.74, 6) is -0.692. The van der Waals surface area contributed by atoms with Crippen LogP contribution >= 0.6 is 23.4 Å². The number of esters is 1. The molecule has 0 aliphatic rings. The minimum Gasteiger partial charge on any atom is -0.462 e. The highest BCUT2D eigenvalue weighted by atomic mass is 35.5. The number of halogens is 1. The number of carbonyl (C=O) groups is 2. The van der Waals surface area contributed by atoms with Crippen LogP contribution in [0.5, 0.6) is 0 Å². The first-order valence-electron chi connectivity index (χ1n) is 9.31. The van der Waals surface area contributed by atoms with Gasteiger partial charge in [0.05, 0.1) is 28.6 Å². The molecule has 1 N–H and O–H groups in total. The summed E-state index contributed by atoms with van der Waals surface area (Å²) in [6.07, 6.45) is 1.70. The second-order valence-electron chi connectivity index (χ2n) is 6.23. The highest BCUT2D eigenvalue weighted by Crippen LogP contribution is 2.23. The molecule has 10 heteroatoms. The van der Waals surface area contributed by atoms with Gasteiger partial charge in [-0.3, -0.25) is 4.79 Å². The van der Waals surface area contributed by atoms with E-state index in [1.165, 1.54) is 17.8 Å². The molecule has 8 nitrogen and oxygen atoms in total. The number of nitrogens with one attached hydrogen (secondary N) is 1. The van der Waals surface area contributed by atoms with E-state index in [0.29, 0.717) is 17.5 Å². The third-order valence-electron chi connectivity index (χ3n) is 3.98. The van der Waals surface area contributed by atoms with Crippen molar-refractivity contribution in [3.8, 4) is 5.69 Å². The minimum atomic E-state index is -0.513. The molecule has 3 aromatic rings. The molecule has 156 valence electrons. The van der Waals surface area contributed by atoms with Crippen LogP contribution in [-0.2, 0) is 9.53 Å². The van der Waals surface area contributed by atoms with Crippen LogP contribution in [-0.4, -0.2) is 44.4 Å². The molecule has 1 amide bonds. The Balaban J connectivity index is 1.60. The maximum absolute atomic E-state index is 12.4. The third kappa shape index (κ3) is 5.80. The molecule has 1 heterocycles. The Hall–Kier alpha value is -2.91. The first-order chi connectivity index (χ1) is 14.6. The number of unbranched alkanes of at least 4 members (excludes halogenated alkanes) is 1. The van der Waals surface area contributed by atoms with Gasteiger partial charge in [0.2, 0.25) is 11.1 Å². The standard InChI is InChI=1S/C20H20ClN5O3S/c1-2-3-11-29-19(28)16-12-14(9-10-17(16)21)22-18(27)13-30-20-23-24-25-26(20)15-7-5-4-6-8-15/h4-10,12H,2-3,11,13H2,1H3,(H,22,27). The zero-order chi connectivity index (χ0) is 21.3. The molecule has 0 unspecified atom stereocenters. The Morgan fingerprint density at radius 1 is 1.20 bits per heavy atom. The van der Waals surface area contributed by atoms with Crippen molar-refractivity contribution >= 4 is 40.9 Å². The number of thioether (sulfide) groups is 1. The van der Waals surface area contributed by atoms with Crippen LogP contribution in [0.25, 0.3) is 5.69 Å². The van der Waals surface area contributed by atoms with Crippen molar-refractivity contribution in [3.63, 3.8) is 0 Å². The van der Waals surface area contributed by atoms with E-state index in [0.717, 1.165) is 18.5 Å². The number of aromatic nitrogens is 4. The molecule has 0 atom stereocenters. The number of nitrogens with zero attached hydrogens (tertiary/aromatic N) is 4. The van der Waals surface area contributed by atoms with Crippen molar-refractivity contribution in [2.45, 2.75) is 24.9 Å². The van der Waals surface area contributed by atoms with Crippen LogP contribution in [0.2, 0.25) is 5.02 Å². The van der Waals surface area contributed by atoms with Gasteiger partial charge in [-0.2, -0.15) is 4.68 Å². The molecular formula is C20H20ClN5O3S. The van der Waals surface area contributed by atoms with Gasteiger partial charge in [-0.1, -0.05) is 54.9 Å². The van der Waals surface area contributed by atoms with Gasteiger partial charge in [0.15, 0.2) is 0 Å². The predicted octanol–water partition coefficient (Wildman–Crippen LogP) is 4.00. The predicted molar refractivity (Wildman–Crippen MR) is 115 cm³/mol. The Bertz CT molecular complexity index is 1010. The van der Waals surface area contributed by atoms with Crippen molar-refractivity contribution in [2.75, 3.05) is 17.7 Å². The molecule has 0 saturated carbocycles. The highest BCUT2D eigenvalue weighted by Gasteiger charge is 2.15. The number of benzene rings is 2. The molecule has 0 radical (unpaired) electrons. The molecule has 2 aromatic carbocycles. The maximum Gasteiger partial charge on any atom is 0.339 e.